The van der Waals surface area contributed by atoms with Gasteiger partial charge in [0, 0.05) is 24.2 Å². The number of nitrogens with two attached hydrogens (primary N) is 1. The van der Waals surface area contributed by atoms with Crippen molar-refractivity contribution >= 4 is 5.69 Å². The molecule has 1 rings (SSSR count). The van der Waals surface area contributed by atoms with Crippen molar-refractivity contribution in [1.29, 1.82) is 0 Å². The van der Waals surface area contributed by atoms with Crippen molar-refractivity contribution in [3.8, 4) is 11.8 Å². The Morgan fingerprint density at radius 1 is 1.27 bits per heavy atom. The largest absolute Gasteiger partial charge is 0.398 e. The molecular weight excluding hydrogens is 184 g/mol. The normalized spacial score (nSPS) is 9.53. The van der Waals surface area contributed by atoms with Gasteiger partial charge in [-0.2, -0.15) is 0 Å². The summed E-state index contributed by atoms with van der Waals surface area (Å²) in [7, 11) is 1.93. The van der Waals surface area contributed by atoms with Gasteiger partial charge in [0.05, 0.1) is 0 Å². The van der Waals surface area contributed by atoms with Crippen LogP contribution in [0.3, 0.4) is 0 Å². The molecule has 15 heavy (non-hydrogen) atoms. The Balaban J connectivity index is 2.81. The van der Waals surface area contributed by atoms with Crippen molar-refractivity contribution < 1.29 is 0 Å². The summed E-state index contributed by atoms with van der Waals surface area (Å²) >= 11 is 0. The Morgan fingerprint density at radius 3 is 2.40 bits per heavy atom. The molecule has 0 radical (unpaired) electrons. The summed E-state index contributed by atoms with van der Waals surface area (Å²) in [5.41, 5.74) is 10.0. The van der Waals surface area contributed by atoms with Crippen LogP contribution in [-0.4, -0.2) is 13.6 Å². The Hall–Kier alpha value is -1.46. The molecule has 0 spiro atoms. The van der Waals surface area contributed by atoms with Crippen LogP contribution in [-0.2, 0) is 0 Å². The number of hydrogen-bond donors (Lipinski definition) is 2. The van der Waals surface area contributed by atoms with Crippen molar-refractivity contribution in [1.82, 2.24) is 5.32 Å². The molecule has 0 aliphatic carbocycles. The van der Waals surface area contributed by atoms with Gasteiger partial charge in [-0.1, -0.05) is 11.8 Å². The zero-order valence-electron chi connectivity index (χ0n) is 9.65. The van der Waals surface area contributed by atoms with Crippen molar-refractivity contribution in [3.63, 3.8) is 0 Å². The third kappa shape index (κ3) is 3.30. The highest BCUT2D eigenvalue weighted by Gasteiger charge is 1.98. The first kappa shape index (κ1) is 11.6. The number of anilines is 1. The van der Waals surface area contributed by atoms with Crippen LogP contribution in [0.4, 0.5) is 5.69 Å². The van der Waals surface area contributed by atoms with Crippen LogP contribution in [0.1, 0.15) is 23.1 Å². The quantitative estimate of drug-likeness (QED) is 0.436. The van der Waals surface area contributed by atoms with E-state index in [-0.39, 0.29) is 0 Å². The predicted octanol–water partition coefficient (Wildman–Crippen LogP) is 1.85. The first-order valence-electron chi connectivity index (χ1n) is 5.15. The first-order chi connectivity index (χ1) is 7.15. The molecule has 0 aromatic heterocycles. The Kier molecular flexibility index (Phi) is 4.20. The van der Waals surface area contributed by atoms with Gasteiger partial charge in [-0.25, -0.2) is 0 Å². The van der Waals surface area contributed by atoms with Crippen molar-refractivity contribution in [2.45, 2.75) is 20.3 Å². The maximum absolute atomic E-state index is 5.87. The van der Waals surface area contributed by atoms with E-state index in [1.54, 1.807) is 0 Å². The summed E-state index contributed by atoms with van der Waals surface area (Å²) in [6, 6.07) is 4.07. The smallest absolute Gasteiger partial charge is 0.0374 e. The van der Waals surface area contributed by atoms with E-state index in [9.17, 15) is 0 Å². The van der Waals surface area contributed by atoms with Gasteiger partial charge in [-0.3, -0.25) is 0 Å². The molecule has 0 saturated heterocycles. The minimum absolute atomic E-state index is 0.871. The standard InChI is InChI=1S/C13H18N2/c1-10-8-12(6-4-5-7-15-3)9-11(2)13(10)14/h8-9,15H,5,7,14H2,1-3H3. The summed E-state index contributed by atoms with van der Waals surface area (Å²) in [6.45, 7) is 4.96. The predicted molar refractivity (Wildman–Crippen MR) is 65.8 cm³/mol. The van der Waals surface area contributed by atoms with Gasteiger partial charge < -0.3 is 11.1 Å². The van der Waals surface area contributed by atoms with Crippen molar-refractivity contribution in [3.05, 3.63) is 28.8 Å². The summed E-state index contributed by atoms with van der Waals surface area (Å²) in [5, 5.41) is 3.06. The summed E-state index contributed by atoms with van der Waals surface area (Å²) in [6.07, 6.45) is 0.874. The van der Waals surface area contributed by atoms with Gasteiger partial charge in [0.15, 0.2) is 0 Å². The lowest BCUT2D eigenvalue weighted by atomic mass is 10.0. The number of nitrogens with one attached hydrogen (secondary N) is 1. The van der Waals surface area contributed by atoms with Crippen LogP contribution in [0.2, 0.25) is 0 Å². The zero-order valence-corrected chi connectivity index (χ0v) is 9.65. The zero-order chi connectivity index (χ0) is 11.3. The second-order valence-electron chi connectivity index (χ2n) is 3.68. The molecule has 1 aromatic carbocycles. The fourth-order valence-electron chi connectivity index (χ4n) is 1.40. The Labute approximate surface area is 91.9 Å². The maximum atomic E-state index is 5.87. The van der Waals surface area contributed by atoms with Crippen LogP contribution < -0.4 is 11.1 Å². The van der Waals surface area contributed by atoms with Crippen LogP contribution in [0, 0.1) is 25.7 Å². The van der Waals surface area contributed by atoms with Gasteiger partial charge in [0.1, 0.15) is 0 Å². The Bertz CT molecular complexity index is 374. The molecule has 80 valence electrons. The Morgan fingerprint density at radius 2 is 1.87 bits per heavy atom. The first-order valence-corrected chi connectivity index (χ1v) is 5.15. The molecule has 0 fully saturated rings. The molecule has 0 bridgehead atoms. The molecule has 1 aromatic rings. The van der Waals surface area contributed by atoms with E-state index in [4.69, 9.17) is 5.73 Å². The fourth-order valence-corrected chi connectivity index (χ4v) is 1.40. The van der Waals surface area contributed by atoms with E-state index in [1.165, 1.54) is 0 Å². The molecule has 3 N–H and O–H groups in total. The summed E-state index contributed by atoms with van der Waals surface area (Å²) in [4.78, 5) is 0. The average Bonchev–Trinajstić information content (AvgIpc) is 2.21. The van der Waals surface area contributed by atoms with Crippen LogP contribution in [0.15, 0.2) is 12.1 Å². The second kappa shape index (κ2) is 5.43. The van der Waals surface area contributed by atoms with Gasteiger partial charge in [0.2, 0.25) is 0 Å². The monoisotopic (exact) mass is 202 g/mol. The van der Waals surface area contributed by atoms with E-state index in [0.717, 1.165) is 35.3 Å². The number of nitrogen functional groups attached to an aromatic ring is 1. The third-order valence-corrected chi connectivity index (χ3v) is 2.33. The van der Waals surface area contributed by atoms with Crippen LogP contribution >= 0.6 is 0 Å². The van der Waals surface area contributed by atoms with Gasteiger partial charge in [-0.05, 0) is 44.2 Å². The topological polar surface area (TPSA) is 38.0 Å². The summed E-state index contributed by atoms with van der Waals surface area (Å²) < 4.78 is 0. The van der Waals surface area contributed by atoms with E-state index in [2.05, 4.69) is 17.2 Å². The highest BCUT2D eigenvalue weighted by molar-refractivity contribution is 5.57. The highest BCUT2D eigenvalue weighted by atomic mass is 14.8. The molecule has 0 amide bonds. The minimum atomic E-state index is 0.871. The minimum Gasteiger partial charge on any atom is -0.398 e. The molecule has 0 unspecified atom stereocenters. The van der Waals surface area contributed by atoms with Gasteiger partial charge in [0.25, 0.3) is 0 Å². The van der Waals surface area contributed by atoms with E-state index in [0.29, 0.717) is 0 Å². The number of aryl methyl sites for hydroxylation is 2. The van der Waals surface area contributed by atoms with Gasteiger partial charge in [-0.15, -0.1) is 0 Å². The summed E-state index contributed by atoms with van der Waals surface area (Å²) in [5.74, 6) is 6.27. The molecule has 2 heteroatoms. The van der Waals surface area contributed by atoms with Crippen LogP contribution in [0.5, 0.6) is 0 Å². The highest BCUT2D eigenvalue weighted by Crippen LogP contribution is 2.17. The molecule has 0 aliphatic rings. The fraction of sp³-hybridized carbons (Fsp3) is 0.385. The molecule has 0 saturated carbocycles. The van der Waals surface area contributed by atoms with E-state index < -0.39 is 0 Å². The van der Waals surface area contributed by atoms with Crippen molar-refractivity contribution in [2.75, 3.05) is 19.3 Å². The van der Waals surface area contributed by atoms with E-state index >= 15 is 0 Å². The van der Waals surface area contributed by atoms with E-state index in [1.807, 2.05) is 33.0 Å². The maximum Gasteiger partial charge on any atom is 0.0374 e. The molecule has 2 nitrogen and oxygen atoms in total. The third-order valence-electron chi connectivity index (χ3n) is 2.33. The SMILES string of the molecule is CNCCC#Cc1cc(C)c(N)c(C)c1. The average molecular weight is 202 g/mol. The number of hydrogen-bond acceptors (Lipinski definition) is 2. The van der Waals surface area contributed by atoms with Gasteiger partial charge >= 0.3 is 0 Å². The lowest BCUT2D eigenvalue weighted by Crippen LogP contribution is -2.05. The van der Waals surface area contributed by atoms with Crippen molar-refractivity contribution in [2.24, 2.45) is 0 Å². The molecular formula is C13H18N2. The molecule has 0 heterocycles. The number of rotatable bonds is 2. The molecule has 0 aliphatic heterocycles. The lowest BCUT2D eigenvalue weighted by molar-refractivity contribution is 0.818. The lowest BCUT2D eigenvalue weighted by Gasteiger charge is -2.04. The molecule has 0 atom stereocenters. The second-order valence-corrected chi connectivity index (χ2v) is 3.68. The number of benzene rings is 1. The van der Waals surface area contributed by atoms with Crippen LogP contribution in [0.25, 0.3) is 0 Å².